The van der Waals surface area contributed by atoms with Crippen LogP contribution in [0.4, 0.5) is 4.39 Å². The fourth-order valence-electron chi connectivity index (χ4n) is 7.03. The number of halogens is 1. The van der Waals surface area contributed by atoms with Gasteiger partial charge in [0.1, 0.15) is 17.9 Å². The van der Waals surface area contributed by atoms with Crippen molar-refractivity contribution in [3.8, 4) is 0 Å². The molecule has 244 valence electrons. The van der Waals surface area contributed by atoms with Crippen LogP contribution in [0.5, 0.6) is 0 Å². The Morgan fingerprint density at radius 1 is 1.00 bits per heavy atom. The molecule has 1 aromatic rings. The molecule has 4 amide bonds. The molecule has 0 aromatic heterocycles. The zero-order valence-electron chi connectivity index (χ0n) is 26.8. The molecule has 3 aliphatic rings. The SMILES string of the molecule is C[C@@H](N)C(=O)N1CCN[C@H](C(=O)N[C@H](Cc2ccc(F)cc2)C(=O)N2CCC(C(=O)NC(C)(C)C)(C3CCCCC3)CC2)C1. The van der Waals surface area contributed by atoms with Crippen molar-refractivity contribution in [2.24, 2.45) is 17.1 Å². The van der Waals surface area contributed by atoms with Crippen molar-refractivity contribution in [3.05, 3.63) is 35.6 Å². The second-order valence-corrected chi connectivity index (χ2v) is 14.0. The van der Waals surface area contributed by atoms with Crippen molar-refractivity contribution >= 4 is 23.6 Å². The van der Waals surface area contributed by atoms with Crippen LogP contribution in [0, 0.1) is 17.2 Å². The third-order valence-corrected chi connectivity index (χ3v) is 9.46. The molecule has 0 bridgehead atoms. The summed E-state index contributed by atoms with van der Waals surface area (Å²) in [6.45, 7) is 9.46. The van der Waals surface area contributed by atoms with Crippen molar-refractivity contribution in [2.45, 2.75) is 103 Å². The van der Waals surface area contributed by atoms with E-state index >= 15 is 0 Å². The highest BCUT2D eigenvalue weighted by Gasteiger charge is 2.49. The second-order valence-electron chi connectivity index (χ2n) is 14.0. The van der Waals surface area contributed by atoms with Gasteiger partial charge >= 0.3 is 0 Å². The number of carbonyl (C=O) groups excluding carboxylic acids is 4. The molecule has 44 heavy (non-hydrogen) atoms. The summed E-state index contributed by atoms with van der Waals surface area (Å²) in [5.74, 6) is -0.858. The predicted molar refractivity (Wildman–Crippen MR) is 167 cm³/mol. The van der Waals surface area contributed by atoms with Crippen LogP contribution < -0.4 is 21.7 Å². The first-order valence-corrected chi connectivity index (χ1v) is 16.2. The van der Waals surface area contributed by atoms with Gasteiger partial charge < -0.3 is 31.5 Å². The third kappa shape index (κ3) is 8.35. The Balaban J connectivity index is 1.50. The number of likely N-dealkylation sites (tertiary alicyclic amines) is 1. The highest BCUT2D eigenvalue weighted by Crippen LogP contribution is 2.46. The van der Waals surface area contributed by atoms with Crippen molar-refractivity contribution in [2.75, 3.05) is 32.7 Å². The summed E-state index contributed by atoms with van der Waals surface area (Å²) in [5.41, 5.74) is 5.62. The van der Waals surface area contributed by atoms with Crippen LogP contribution in [-0.2, 0) is 25.6 Å². The van der Waals surface area contributed by atoms with Gasteiger partial charge in [-0.1, -0.05) is 31.4 Å². The fraction of sp³-hybridized carbons (Fsp3) is 0.697. The first-order chi connectivity index (χ1) is 20.8. The largest absolute Gasteiger partial charge is 0.351 e. The molecule has 2 heterocycles. The lowest BCUT2D eigenvalue weighted by Gasteiger charge is -2.48. The van der Waals surface area contributed by atoms with Crippen molar-refractivity contribution in [1.82, 2.24) is 25.8 Å². The summed E-state index contributed by atoms with van der Waals surface area (Å²) in [6.07, 6.45) is 6.79. The first-order valence-electron chi connectivity index (χ1n) is 16.2. The Bertz CT molecular complexity index is 1170. The van der Waals surface area contributed by atoms with E-state index in [0.29, 0.717) is 44.6 Å². The maximum atomic E-state index is 14.1. The van der Waals surface area contributed by atoms with E-state index < -0.39 is 23.5 Å². The van der Waals surface area contributed by atoms with Crippen LogP contribution in [0.3, 0.4) is 0 Å². The van der Waals surface area contributed by atoms with Crippen molar-refractivity contribution in [3.63, 3.8) is 0 Å². The summed E-state index contributed by atoms with van der Waals surface area (Å²) in [6, 6.07) is 3.65. The lowest BCUT2D eigenvalue weighted by molar-refractivity contribution is -0.147. The number of piperidine rings is 1. The van der Waals surface area contributed by atoms with Crippen molar-refractivity contribution < 1.29 is 23.6 Å². The van der Waals surface area contributed by atoms with Gasteiger partial charge in [-0.3, -0.25) is 19.2 Å². The van der Waals surface area contributed by atoms with E-state index in [2.05, 4.69) is 16.0 Å². The number of benzene rings is 1. The van der Waals surface area contributed by atoms with E-state index in [1.165, 1.54) is 18.6 Å². The Hall–Kier alpha value is -3.05. The van der Waals surface area contributed by atoms with Crippen molar-refractivity contribution in [1.29, 1.82) is 0 Å². The van der Waals surface area contributed by atoms with Gasteiger partial charge in [0, 0.05) is 44.7 Å². The van der Waals surface area contributed by atoms with Gasteiger partial charge in [-0.25, -0.2) is 4.39 Å². The molecule has 5 N–H and O–H groups in total. The minimum atomic E-state index is -0.889. The van der Waals surface area contributed by atoms with Crippen LogP contribution >= 0.6 is 0 Å². The molecule has 1 aromatic carbocycles. The topological polar surface area (TPSA) is 137 Å². The molecule has 4 rings (SSSR count). The lowest BCUT2D eigenvalue weighted by Crippen LogP contribution is -2.63. The zero-order chi connectivity index (χ0) is 32.1. The molecule has 1 saturated carbocycles. The fourth-order valence-corrected chi connectivity index (χ4v) is 7.03. The monoisotopic (exact) mass is 614 g/mol. The Morgan fingerprint density at radius 2 is 1.64 bits per heavy atom. The lowest BCUT2D eigenvalue weighted by atomic mass is 9.63. The van der Waals surface area contributed by atoms with E-state index in [1.807, 2.05) is 20.8 Å². The predicted octanol–water partition coefficient (Wildman–Crippen LogP) is 2.10. The van der Waals surface area contributed by atoms with Crippen LogP contribution in [-0.4, -0.2) is 89.8 Å². The molecular weight excluding hydrogens is 563 g/mol. The van der Waals surface area contributed by atoms with Gasteiger partial charge in [0.25, 0.3) is 0 Å². The smallest absolute Gasteiger partial charge is 0.245 e. The zero-order valence-corrected chi connectivity index (χ0v) is 26.8. The summed E-state index contributed by atoms with van der Waals surface area (Å²) in [4.78, 5) is 57.2. The Labute approximate surface area is 261 Å². The minimum Gasteiger partial charge on any atom is -0.351 e. The van der Waals surface area contributed by atoms with Gasteiger partial charge in [0.15, 0.2) is 0 Å². The highest BCUT2D eigenvalue weighted by atomic mass is 19.1. The van der Waals surface area contributed by atoms with Gasteiger partial charge in [-0.2, -0.15) is 0 Å². The average Bonchev–Trinajstić information content (AvgIpc) is 3.00. The van der Waals surface area contributed by atoms with Crippen LogP contribution in [0.25, 0.3) is 0 Å². The number of nitrogens with two attached hydrogens (primary N) is 1. The van der Waals surface area contributed by atoms with Gasteiger partial charge in [-0.15, -0.1) is 0 Å². The molecule has 1 aliphatic carbocycles. The summed E-state index contributed by atoms with van der Waals surface area (Å²) < 4.78 is 13.7. The third-order valence-electron chi connectivity index (χ3n) is 9.46. The van der Waals surface area contributed by atoms with Gasteiger partial charge in [-0.05, 0) is 77.0 Å². The summed E-state index contributed by atoms with van der Waals surface area (Å²) in [5, 5.41) is 9.33. The number of hydrogen-bond acceptors (Lipinski definition) is 6. The number of carbonyl (C=O) groups is 4. The van der Waals surface area contributed by atoms with E-state index in [1.54, 1.807) is 28.9 Å². The Morgan fingerprint density at radius 3 is 2.23 bits per heavy atom. The number of nitrogens with one attached hydrogen (secondary N) is 3. The molecule has 11 heteroatoms. The summed E-state index contributed by atoms with van der Waals surface area (Å²) in [7, 11) is 0. The standard InChI is InChI=1S/C33H51FN6O4/c1-22(35)29(42)40-19-16-36-27(21-40)28(41)37-26(20-23-10-12-25(34)13-11-23)30(43)39-17-14-33(15-18-39,24-8-6-5-7-9-24)31(44)38-32(2,3)4/h10-13,22,24,26-27,36H,5-9,14-21,35H2,1-4H3,(H,37,41)(H,38,44)/t22-,26-,27+/m1/s1. The molecule has 2 aliphatic heterocycles. The normalized spacial score (nSPS) is 22.5. The maximum Gasteiger partial charge on any atom is 0.245 e. The quantitative estimate of drug-likeness (QED) is 0.354. The van der Waals surface area contributed by atoms with Gasteiger partial charge in [0.05, 0.1) is 11.5 Å². The number of hydrogen-bond donors (Lipinski definition) is 4. The minimum absolute atomic E-state index is 0.0782. The molecule has 3 fully saturated rings. The highest BCUT2D eigenvalue weighted by molar-refractivity contribution is 5.91. The van der Waals surface area contributed by atoms with Crippen LogP contribution in [0.15, 0.2) is 24.3 Å². The van der Waals surface area contributed by atoms with E-state index in [-0.39, 0.29) is 53.9 Å². The molecular formula is C33H51FN6O4. The molecule has 3 atom stereocenters. The van der Waals surface area contributed by atoms with E-state index in [0.717, 1.165) is 25.7 Å². The number of nitrogens with zero attached hydrogens (tertiary/aromatic N) is 2. The molecule has 0 unspecified atom stereocenters. The molecule has 10 nitrogen and oxygen atoms in total. The van der Waals surface area contributed by atoms with E-state index in [4.69, 9.17) is 5.73 Å². The van der Waals surface area contributed by atoms with Crippen LogP contribution in [0.1, 0.15) is 78.2 Å². The van der Waals surface area contributed by atoms with Gasteiger partial charge in [0.2, 0.25) is 23.6 Å². The second kappa shape index (κ2) is 14.4. The summed E-state index contributed by atoms with van der Waals surface area (Å²) >= 11 is 0. The Kier molecular flexibility index (Phi) is 11.0. The molecule has 0 spiro atoms. The molecule has 0 radical (unpaired) electrons. The molecule has 2 saturated heterocycles. The first kappa shape index (κ1) is 33.8. The van der Waals surface area contributed by atoms with E-state index in [9.17, 15) is 23.6 Å². The van der Waals surface area contributed by atoms with Crippen LogP contribution in [0.2, 0.25) is 0 Å². The number of amides is 4. The average molecular weight is 615 g/mol. The number of piperazine rings is 1. The maximum absolute atomic E-state index is 14.1. The number of rotatable bonds is 8.